The Morgan fingerprint density at radius 2 is 2.14 bits per heavy atom. The van der Waals surface area contributed by atoms with E-state index < -0.39 is 4.92 Å². The number of ketones is 1. The molecule has 0 heterocycles. The monoisotopic (exact) mass is 292 g/mol. The van der Waals surface area contributed by atoms with Crippen molar-refractivity contribution in [2.24, 2.45) is 5.92 Å². The summed E-state index contributed by atoms with van der Waals surface area (Å²) in [6, 6.07) is 4.51. The fourth-order valence-electron chi connectivity index (χ4n) is 2.84. The summed E-state index contributed by atoms with van der Waals surface area (Å²) in [6.07, 6.45) is 3.94. The Hall–Kier alpha value is -1.95. The van der Waals surface area contributed by atoms with Gasteiger partial charge in [0.05, 0.1) is 4.92 Å². The average molecular weight is 292 g/mol. The predicted octanol–water partition coefficient (Wildman–Crippen LogP) is 2.76. The van der Waals surface area contributed by atoms with Gasteiger partial charge in [0.1, 0.15) is 5.69 Å². The number of nitrogens with zero attached hydrogens (tertiary/aromatic N) is 1. The maximum absolute atomic E-state index is 11.3. The van der Waals surface area contributed by atoms with Gasteiger partial charge in [0.2, 0.25) is 0 Å². The van der Waals surface area contributed by atoms with E-state index in [0.29, 0.717) is 11.3 Å². The zero-order chi connectivity index (χ0) is 15.4. The Bertz CT molecular complexity index is 544. The molecule has 1 saturated carbocycles. The Labute approximate surface area is 123 Å². The van der Waals surface area contributed by atoms with Crippen LogP contribution in [0.3, 0.4) is 0 Å². The number of aliphatic hydroxyl groups excluding tert-OH is 1. The number of hydrogen-bond acceptors (Lipinski definition) is 5. The number of Topliss-reactive ketones (excluding diaryl/α,β-unsaturated/α-hetero) is 1. The second-order valence-electron chi connectivity index (χ2n) is 5.52. The highest BCUT2D eigenvalue weighted by molar-refractivity contribution is 5.95. The van der Waals surface area contributed by atoms with Crippen LogP contribution in [0.15, 0.2) is 18.2 Å². The minimum atomic E-state index is -0.481. The maximum atomic E-state index is 11.3. The van der Waals surface area contributed by atoms with Crippen LogP contribution >= 0.6 is 0 Å². The van der Waals surface area contributed by atoms with E-state index in [-0.39, 0.29) is 30.0 Å². The summed E-state index contributed by atoms with van der Waals surface area (Å²) in [5.41, 5.74) is 0.648. The lowest BCUT2D eigenvalue weighted by atomic mass is 9.85. The standard InChI is InChI=1S/C15H20N2O4/c1-10(19)11-6-7-14(15(8-11)17(20)21)16-13-5-3-2-4-12(13)9-18/h6-8,12-13,16,18H,2-5,9H2,1H3/t12-,13+/m1/s1. The van der Waals surface area contributed by atoms with Crippen molar-refractivity contribution in [3.8, 4) is 0 Å². The lowest BCUT2D eigenvalue weighted by Gasteiger charge is -2.31. The van der Waals surface area contributed by atoms with Crippen molar-refractivity contribution in [1.29, 1.82) is 0 Å². The number of nitro groups is 1. The molecule has 21 heavy (non-hydrogen) atoms. The third-order valence-electron chi connectivity index (χ3n) is 4.09. The number of nitrogens with one attached hydrogen (secondary N) is 1. The third kappa shape index (κ3) is 3.58. The number of aliphatic hydroxyl groups is 1. The van der Waals surface area contributed by atoms with Crippen LogP contribution in [0.2, 0.25) is 0 Å². The lowest BCUT2D eigenvalue weighted by Crippen LogP contribution is -2.34. The Morgan fingerprint density at radius 3 is 2.76 bits per heavy atom. The van der Waals surface area contributed by atoms with Crippen molar-refractivity contribution >= 4 is 17.2 Å². The van der Waals surface area contributed by atoms with Crippen LogP contribution in [0.4, 0.5) is 11.4 Å². The van der Waals surface area contributed by atoms with Gasteiger partial charge < -0.3 is 10.4 Å². The smallest absolute Gasteiger partial charge is 0.293 e. The molecule has 0 spiro atoms. The van der Waals surface area contributed by atoms with Gasteiger partial charge in [-0.1, -0.05) is 12.8 Å². The van der Waals surface area contributed by atoms with Crippen LogP contribution < -0.4 is 5.32 Å². The van der Waals surface area contributed by atoms with E-state index >= 15 is 0 Å². The second kappa shape index (κ2) is 6.67. The van der Waals surface area contributed by atoms with Crippen molar-refractivity contribution in [3.05, 3.63) is 33.9 Å². The molecule has 1 aromatic rings. The Kier molecular flexibility index (Phi) is 4.90. The van der Waals surface area contributed by atoms with Crippen molar-refractivity contribution < 1.29 is 14.8 Å². The summed E-state index contributed by atoms with van der Waals surface area (Å²) in [7, 11) is 0. The van der Waals surface area contributed by atoms with Crippen molar-refractivity contribution in [2.45, 2.75) is 38.6 Å². The minimum Gasteiger partial charge on any atom is -0.396 e. The number of carbonyl (C=O) groups is 1. The highest BCUT2D eigenvalue weighted by atomic mass is 16.6. The van der Waals surface area contributed by atoms with E-state index in [1.54, 1.807) is 12.1 Å². The van der Waals surface area contributed by atoms with Crippen LogP contribution in [0.1, 0.15) is 43.0 Å². The molecule has 6 heteroatoms. The first-order chi connectivity index (χ1) is 10.0. The summed E-state index contributed by atoms with van der Waals surface area (Å²) >= 11 is 0. The predicted molar refractivity (Wildman–Crippen MR) is 79.6 cm³/mol. The van der Waals surface area contributed by atoms with Gasteiger partial charge in [-0.15, -0.1) is 0 Å². The first-order valence-corrected chi connectivity index (χ1v) is 7.19. The molecule has 0 bridgehead atoms. The molecule has 1 aliphatic carbocycles. The van der Waals surface area contributed by atoms with Crippen molar-refractivity contribution in [2.75, 3.05) is 11.9 Å². The normalized spacial score (nSPS) is 21.8. The molecule has 0 radical (unpaired) electrons. The fraction of sp³-hybridized carbons (Fsp3) is 0.533. The average Bonchev–Trinajstić information content (AvgIpc) is 2.47. The highest BCUT2D eigenvalue weighted by Crippen LogP contribution is 2.31. The molecule has 2 rings (SSSR count). The van der Waals surface area contributed by atoms with Gasteiger partial charge in [-0.2, -0.15) is 0 Å². The van der Waals surface area contributed by atoms with Gasteiger partial charge in [-0.05, 0) is 31.9 Å². The topological polar surface area (TPSA) is 92.5 Å². The molecule has 0 amide bonds. The molecule has 114 valence electrons. The molecule has 2 atom stereocenters. The molecule has 0 saturated heterocycles. The summed E-state index contributed by atoms with van der Waals surface area (Å²) in [4.78, 5) is 22.1. The molecule has 2 N–H and O–H groups in total. The zero-order valence-electron chi connectivity index (χ0n) is 12.0. The molecule has 1 fully saturated rings. The second-order valence-corrected chi connectivity index (χ2v) is 5.52. The van der Waals surface area contributed by atoms with Crippen molar-refractivity contribution in [3.63, 3.8) is 0 Å². The first kappa shape index (κ1) is 15.4. The molecular formula is C15H20N2O4. The van der Waals surface area contributed by atoms with Crippen LogP contribution in [0.5, 0.6) is 0 Å². The molecule has 0 unspecified atom stereocenters. The van der Waals surface area contributed by atoms with Crippen LogP contribution in [-0.4, -0.2) is 28.5 Å². The molecule has 6 nitrogen and oxygen atoms in total. The van der Waals surface area contributed by atoms with Gasteiger partial charge in [0, 0.05) is 30.2 Å². The highest BCUT2D eigenvalue weighted by Gasteiger charge is 2.26. The SMILES string of the molecule is CC(=O)c1ccc(N[C@H]2CCCC[C@@H]2CO)c([N+](=O)[O-])c1. The van der Waals surface area contributed by atoms with E-state index in [2.05, 4.69) is 5.32 Å². The fourth-order valence-corrected chi connectivity index (χ4v) is 2.84. The van der Waals surface area contributed by atoms with E-state index in [4.69, 9.17) is 0 Å². The summed E-state index contributed by atoms with van der Waals surface area (Å²) in [6.45, 7) is 1.46. The maximum Gasteiger partial charge on any atom is 0.293 e. The number of rotatable bonds is 5. The summed E-state index contributed by atoms with van der Waals surface area (Å²) < 4.78 is 0. The largest absolute Gasteiger partial charge is 0.396 e. The van der Waals surface area contributed by atoms with Gasteiger partial charge in [-0.25, -0.2) is 0 Å². The van der Waals surface area contributed by atoms with E-state index in [1.165, 1.54) is 13.0 Å². The van der Waals surface area contributed by atoms with Gasteiger partial charge in [-0.3, -0.25) is 14.9 Å². The summed E-state index contributed by atoms with van der Waals surface area (Å²) in [5, 5.41) is 23.8. The zero-order valence-corrected chi connectivity index (χ0v) is 12.0. The quantitative estimate of drug-likeness (QED) is 0.494. The first-order valence-electron chi connectivity index (χ1n) is 7.19. The number of carbonyl (C=O) groups excluding carboxylic acids is 1. The number of anilines is 1. The number of nitro benzene ring substituents is 1. The molecular weight excluding hydrogens is 272 g/mol. The van der Waals surface area contributed by atoms with E-state index in [1.807, 2.05) is 0 Å². The Morgan fingerprint density at radius 1 is 1.43 bits per heavy atom. The molecule has 0 aromatic heterocycles. The Balaban J connectivity index is 2.26. The van der Waals surface area contributed by atoms with Gasteiger partial charge in [0.15, 0.2) is 5.78 Å². The minimum absolute atomic E-state index is 0.0330. The van der Waals surface area contributed by atoms with Gasteiger partial charge in [0.25, 0.3) is 5.69 Å². The van der Waals surface area contributed by atoms with Crippen LogP contribution in [0, 0.1) is 16.0 Å². The van der Waals surface area contributed by atoms with E-state index in [9.17, 15) is 20.0 Å². The summed E-state index contributed by atoms with van der Waals surface area (Å²) in [5.74, 6) is -0.0820. The van der Waals surface area contributed by atoms with Crippen molar-refractivity contribution in [1.82, 2.24) is 0 Å². The molecule has 0 aliphatic heterocycles. The van der Waals surface area contributed by atoms with Gasteiger partial charge >= 0.3 is 0 Å². The lowest BCUT2D eigenvalue weighted by molar-refractivity contribution is -0.384. The van der Waals surface area contributed by atoms with E-state index in [0.717, 1.165) is 25.7 Å². The third-order valence-corrected chi connectivity index (χ3v) is 4.09. The number of hydrogen-bond donors (Lipinski definition) is 2. The van der Waals surface area contributed by atoms with Crippen LogP contribution in [-0.2, 0) is 0 Å². The molecule has 1 aromatic carbocycles. The van der Waals surface area contributed by atoms with Crippen LogP contribution in [0.25, 0.3) is 0 Å². The number of benzene rings is 1. The molecule has 1 aliphatic rings.